The van der Waals surface area contributed by atoms with Crippen LogP contribution in [0.2, 0.25) is 5.02 Å². The van der Waals surface area contributed by atoms with Gasteiger partial charge in [-0.25, -0.2) is 0 Å². The minimum absolute atomic E-state index is 0.183. The quantitative estimate of drug-likeness (QED) is 0.917. The van der Waals surface area contributed by atoms with Gasteiger partial charge in [0.25, 0.3) is 0 Å². The van der Waals surface area contributed by atoms with Crippen LogP contribution < -0.4 is 0 Å². The van der Waals surface area contributed by atoms with Crippen LogP contribution in [0, 0.1) is 0 Å². The number of halogens is 1. The van der Waals surface area contributed by atoms with Crippen molar-refractivity contribution in [2.75, 3.05) is 26.2 Å². The first-order valence-corrected chi connectivity index (χ1v) is 8.96. The van der Waals surface area contributed by atoms with Crippen molar-refractivity contribution in [1.29, 1.82) is 0 Å². The Labute approximate surface area is 143 Å². The van der Waals surface area contributed by atoms with E-state index in [0.29, 0.717) is 18.9 Å². The number of hydrogen-bond donors (Lipinski definition) is 1. The van der Waals surface area contributed by atoms with Gasteiger partial charge in [-0.3, -0.25) is 9.69 Å². The standard InChI is InChI=1S/C18H25ClN2O2/c19-15-5-2-1-4-14(15)8-9-18(23)21-12-10-20(11-13-21)16-6-3-7-17(16)22/h1-2,4-5,16-17,22H,3,6-13H2/t16-,17+/m1/s1. The molecule has 2 fully saturated rings. The van der Waals surface area contributed by atoms with Crippen LogP contribution in [0.5, 0.6) is 0 Å². The maximum absolute atomic E-state index is 12.4. The van der Waals surface area contributed by atoms with Crippen LogP contribution in [0.3, 0.4) is 0 Å². The normalized spacial score (nSPS) is 25.7. The number of hydrogen-bond acceptors (Lipinski definition) is 3. The summed E-state index contributed by atoms with van der Waals surface area (Å²) in [5.41, 5.74) is 1.04. The molecule has 1 amide bonds. The van der Waals surface area contributed by atoms with Crippen LogP contribution in [0.1, 0.15) is 31.2 Å². The van der Waals surface area contributed by atoms with Gasteiger partial charge in [0.1, 0.15) is 0 Å². The van der Waals surface area contributed by atoms with Crippen LogP contribution >= 0.6 is 11.6 Å². The third-order valence-electron chi connectivity index (χ3n) is 5.15. The third-order valence-corrected chi connectivity index (χ3v) is 5.51. The lowest BCUT2D eigenvalue weighted by molar-refractivity contribution is -0.133. The first-order chi connectivity index (χ1) is 11.1. The second-order valence-corrected chi connectivity index (χ2v) is 6.98. The van der Waals surface area contributed by atoms with Crippen molar-refractivity contribution in [3.63, 3.8) is 0 Å². The average Bonchev–Trinajstić information content (AvgIpc) is 3.00. The lowest BCUT2D eigenvalue weighted by atomic mass is 10.1. The van der Waals surface area contributed by atoms with Gasteiger partial charge in [-0.2, -0.15) is 0 Å². The van der Waals surface area contributed by atoms with E-state index in [1.165, 1.54) is 0 Å². The molecular weight excluding hydrogens is 312 g/mol. The number of carbonyl (C=O) groups excluding carboxylic acids is 1. The molecule has 0 unspecified atom stereocenters. The summed E-state index contributed by atoms with van der Waals surface area (Å²) in [7, 11) is 0. The Morgan fingerprint density at radius 2 is 1.91 bits per heavy atom. The number of aryl methyl sites for hydroxylation is 1. The zero-order valence-electron chi connectivity index (χ0n) is 13.5. The fourth-order valence-corrected chi connectivity index (χ4v) is 3.98. The van der Waals surface area contributed by atoms with Crippen molar-refractivity contribution < 1.29 is 9.90 Å². The van der Waals surface area contributed by atoms with Crippen molar-refractivity contribution in [3.05, 3.63) is 34.9 Å². The molecule has 1 aromatic carbocycles. The monoisotopic (exact) mass is 336 g/mol. The van der Waals surface area contributed by atoms with E-state index in [1.807, 2.05) is 29.2 Å². The maximum Gasteiger partial charge on any atom is 0.222 e. The number of nitrogens with zero attached hydrogens (tertiary/aromatic N) is 2. The van der Waals surface area contributed by atoms with E-state index in [-0.39, 0.29) is 12.0 Å². The highest BCUT2D eigenvalue weighted by molar-refractivity contribution is 6.31. The summed E-state index contributed by atoms with van der Waals surface area (Å²) < 4.78 is 0. The Morgan fingerprint density at radius 3 is 2.57 bits per heavy atom. The van der Waals surface area contributed by atoms with Crippen molar-refractivity contribution in [2.24, 2.45) is 0 Å². The minimum Gasteiger partial charge on any atom is -0.391 e. The highest BCUT2D eigenvalue weighted by Gasteiger charge is 2.33. The summed E-state index contributed by atoms with van der Waals surface area (Å²) >= 11 is 6.14. The van der Waals surface area contributed by atoms with Gasteiger partial charge in [0.2, 0.25) is 5.91 Å². The van der Waals surface area contributed by atoms with Gasteiger partial charge < -0.3 is 10.0 Å². The van der Waals surface area contributed by atoms with Crippen molar-refractivity contribution in [2.45, 2.75) is 44.2 Å². The van der Waals surface area contributed by atoms with E-state index < -0.39 is 0 Å². The molecule has 1 saturated heterocycles. The zero-order valence-corrected chi connectivity index (χ0v) is 14.2. The molecule has 1 N–H and O–H groups in total. The summed E-state index contributed by atoms with van der Waals surface area (Å²) in [6.45, 7) is 3.29. The van der Waals surface area contributed by atoms with Gasteiger partial charge in [0, 0.05) is 43.7 Å². The van der Waals surface area contributed by atoms with E-state index >= 15 is 0 Å². The van der Waals surface area contributed by atoms with Gasteiger partial charge in [0.05, 0.1) is 6.10 Å². The Hall–Kier alpha value is -1.10. The second kappa shape index (κ2) is 7.65. The zero-order chi connectivity index (χ0) is 16.2. The van der Waals surface area contributed by atoms with E-state index in [0.717, 1.165) is 56.0 Å². The van der Waals surface area contributed by atoms with E-state index in [1.54, 1.807) is 0 Å². The molecule has 2 aliphatic rings. The number of aliphatic hydroxyl groups is 1. The van der Waals surface area contributed by atoms with Gasteiger partial charge in [-0.05, 0) is 37.3 Å². The fraction of sp³-hybridized carbons (Fsp3) is 0.611. The van der Waals surface area contributed by atoms with Gasteiger partial charge in [0.15, 0.2) is 0 Å². The Kier molecular flexibility index (Phi) is 5.57. The molecular formula is C18H25ClN2O2. The lowest BCUT2D eigenvalue weighted by Gasteiger charge is -2.39. The van der Waals surface area contributed by atoms with Crippen LogP contribution in [0.15, 0.2) is 24.3 Å². The highest BCUT2D eigenvalue weighted by atomic mass is 35.5. The minimum atomic E-state index is -0.183. The SMILES string of the molecule is O=C(CCc1ccccc1Cl)N1CCN([C@@H]2CCC[C@@H]2O)CC1. The van der Waals surface area contributed by atoms with Gasteiger partial charge >= 0.3 is 0 Å². The lowest BCUT2D eigenvalue weighted by Crippen LogP contribution is -2.53. The fourth-order valence-electron chi connectivity index (χ4n) is 3.75. The molecule has 5 heteroatoms. The van der Waals surface area contributed by atoms with Crippen LogP contribution in [-0.4, -0.2) is 59.1 Å². The molecule has 1 aromatic rings. The van der Waals surface area contributed by atoms with Crippen molar-refractivity contribution in [3.8, 4) is 0 Å². The molecule has 0 radical (unpaired) electrons. The first-order valence-electron chi connectivity index (χ1n) is 8.58. The third kappa shape index (κ3) is 4.06. The predicted octanol–water partition coefficient (Wildman–Crippen LogP) is 2.33. The summed E-state index contributed by atoms with van der Waals surface area (Å²) in [5.74, 6) is 0.205. The van der Waals surface area contributed by atoms with Gasteiger partial charge in [-0.1, -0.05) is 29.8 Å². The first kappa shape index (κ1) is 16.7. The number of benzene rings is 1. The molecule has 1 aliphatic heterocycles. The molecule has 3 rings (SSSR count). The molecule has 0 bridgehead atoms. The number of amides is 1. The molecule has 4 nitrogen and oxygen atoms in total. The summed E-state index contributed by atoms with van der Waals surface area (Å²) in [6, 6.07) is 8.01. The summed E-state index contributed by atoms with van der Waals surface area (Å²) in [6.07, 6.45) is 4.14. The van der Waals surface area contributed by atoms with Crippen LogP contribution in [0.4, 0.5) is 0 Å². The van der Waals surface area contributed by atoms with E-state index in [9.17, 15) is 9.90 Å². The molecule has 0 spiro atoms. The molecule has 0 aromatic heterocycles. The largest absolute Gasteiger partial charge is 0.391 e. The van der Waals surface area contributed by atoms with E-state index in [4.69, 9.17) is 11.6 Å². The van der Waals surface area contributed by atoms with Crippen molar-refractivity contribution >= 4 is 17.5 Å². The van der Waals surface area contributed by atoms with E-state index in [2.05, 4.69) is 4.90 Å². The van der Waals surface area contributed by atoms with Crippen LogP contribution in [-0.2, 0) is 11.2 Å². The smallest absolute Gasteiger partial charge is 0.222 e. The van der Waals surface area contributed by atoms with Crippen LogP contribution in [0.25, 0.3) is 0 Å². The molecule has 2 atom stereocenters. The Bertz CT molecular complexity index is 544. The highest BCUT2D eigenvalue weighted by Crippen LogP contribution is 2.25. The Balaban J connectivity index is 1.46. The molecule has 1 aliphatic carbocycles. The number of rotatable bonds is 4. The summed E-state index contributed by atoms with van der Waals surface area (Å²) in [5, 5.41) is 10.8. The number of carbonyl (C=O) groups is 1. The maximum atomic E-state index is 12.4. The predicted molar refractivity (Wildman–Crippen MR) is 91.6 cm³/mol. The molecule has 1 heterocycles. The molecule has 1 saturated carbocycles. The van der Waals surface area contributed by atoms with Crippen molar-refractivity contribution in [1.82, 2.24) is 9.80 Å². The topological polar surface area (TPSA) is 43.8 Å². The number of aliphatic hydroxyl groups excluding tert-OH is 1. The number of piperazine rings is 1. The molecule has 23 heavy (non-hydrogen) atoms. The van der Waals surface area contributed by atoms with Gasteiger partial charge in [-0.15, -0.1) is 0 Å². The average molecular weight is 337 g/mol. The Morgan fingerprint density at radius 1 is 1.17 bits per heavy atom. The summed E-state index contributed by atoms with van der Waals surface area (Å²) in [4.78, 5) is 16.7. The molecule has 126 valence electrons. The second-order valence-electron chi connectivity index (χ2n) is 6.57.